The van der Waals surface area contributed by atoms with Crippen molar-refractivity contribution in [2.75, 3.05) is 39.0 Å². The highest BCUT2D eigenvalue weighted by Gasteiger charge is 2.58. The summed E-state index contributed by atoms with van der Waals surface area (Å²) in [5, 5.41) is 134. The Balaban J connectivity index is 0.931. The minimum atomic E-state index is -3.68. The van der Waals surface area contributed by atoms with Gasteiger partial charge in [-0.3, -0.25) is 38.4 Å². The molecular formula is C87H138Cl2N12O24S. The molecule has 9 aliphatic carbocycles. The number of primary amides is 1. The SMILES string of the molecule is CCCCCCCCS(=O)(=O)NCCNCC1[C@H](O)C2C3C[C@H](CC[C@H]3O)[C@H]3NC(=O)[C@@H]4NC(=O)[C@H](CC(N)=O)NC(=O)[C@H](NC(=O)[C@@H](CC(C)C)NC)[C@H](O)[C@H]5CC[C@@H](Oc6cc4cc(c6O[C@@H]4C[C@H](CO)[C@@H](O)[C@H](O)[C@H]4O[C@H]4C[C@H](N)[C@H](O)[C@H](C)O4)O[C@@H]4CC[C@@H](C[C@@H]4Cl)[C@@H](O)[C@H](NC3=O)C(=O)N[C@H](C(=O)NC3C4CC6CC(C4)CC3C6)C2C[C@@H]1O)[C@H](Cl)C5. The number of hydrogen-bond acceptors (Lipinski definition) is 27. The molecule has 6 heterocycles. The maximum absolute atomic E-state index is 16.7. The Kier molecular flexibility index (Phi) is 33.3. The number of aliphatic hydroxyl groups is 9. The lowest BCUT2D eigenvalue weighted by Gasteiger charge is -2.55. The van der Waals surface area contributed by atoms with E-state index in [9.17, 15) is 64.0 Å². The van der Waals surface area contributed by atoms with Crippen molar-refractivity contribution >= 4 is 80.5 Å². The molecule has 6 aliphatic heterocycles. The van der Waals surface area contributed by atoms with Crippen molar-refractivity contribution < 1.29 is 116 Å². The highest BCUT2D eigenvalue weighted by Crippen LogP contribution is 2.55. The average molecular weight is 1840 g/mol. The summed E-state index contributed by atoms with van der Waals surface area (Å²) in [6, 6.07) is -11.0. The van der Waals surface area contributed by atoms with E-state index in [-0.39, 0.29) is 155 Å². The van der Waals surface area contributed by atoms with Crippen molar-refractivity contribution in [3.8, 4) is 17.2 Å². The van der Waals surface area contributed by atoms with Crippen LogP contribution in [0.3, 0.4) is 0 Å². The summed E-state index contributed by atoms with van der Waals surface area (Å²) in [7, 11) is -2.14. The fraction of sp³-hybridized carbons (Fsp3) is 0.839. The molecule has 23 N–H and O–H groups in total. The number of hydrogen-bond donors (Lipinski definition) is 21. The molecular weight excluding hydrogens is 1700 g/mol. The van der Waals surface area contributed by atoms with Crippen LogP contribution in [-0.2, 0) is 57.9 Å². The quantitative estimate of drug-likeness (QED) is 0.0375. The topological polar surface area (TPSA) is 571 Å². The number of nitrogens with one attached hydrogen (secondary N) is 10. The van der Waals surface area contributed by atoms with E-state index >= 15 is 28.8 Å². The van der Waals surface area contributed by atoms with Crippen LogP contribution < -0.4 is 78.3 Å². The number of carbonyl (C=O) groups is 8. The predicted molar refractivity (Wildman–Crippen MR) is 458 cm³/mol. The molecule has 126 heavy (non-hydrogen) atoms. The molecule has 0 radical (unpaired) electrons. The molecule has 36 nitrogen and oxygen atoms in total. The van der Waals surface area contributed by atoms with Crippen molar-refractivity contribution in [3.63, 3.8) is 0 Å². The zero-order valence-electron chi connectivity index (χ0n) is 72.8. The van der Waals surface area contributed by atoms with Crippen LogP contribution in [0, 0.1) is 76.9 Å². The van der Waals surface area contributed by atoms with Crippen LogP contribution in [0.2, 0.25) is 0 Å². The van der Waals surface area contributed by atoms with Gasteiger partial charge in [0, 0.05) is 56.6 Å². The molecule has 39 heteroatoms. The van der Waals surface area contributed by atoms with Crippen LogP contribution in [0.1, 0.15) is 200 Å². The first-order valence-corrected chi connectivity index (χ1v) is 48.9. The fourth-order valence-electron chi connectivity index (χ4n) is 23.3. The summed E-state index contributed by atoms with van der Waals surface area (Å²) in [6.07, 6.45) is -12.0. The first-order valence-electron chi connectivity index (χ1n) is 46.3. The highest BCUT2D eigenvalue weighted by molar-refractivity contribution is 7.89. The Hall–Kier alpha value is -5.69. The number of halogens is 2. The number of carbonyl (C=O) groups excluding carboxylic acids is 8. The molecule has 1 aromatic carbocycles. The Morgan fingerprint density at radius 3 is 1.88 bits per heavy atom. The summed E-state index contributed by atoms with van der Waals surface area (Å²) in [5.41, 5.74) is 12.1. The molecule has 15 bridgehead atoms. The lowest BCUT2D eigenvalue weighted by atomic mass is 9.54. The van der Waals surface area contributed by atoms with Gasteiger partial charge in [-0.05, 0) is 212 Å². The molecule has 32 atom stereocenters. The lowest BCUT2D eigenvalue weighted by molar-refractivity contribution is -0.278. The van der Waals surface area contributed by atoms with Gasteiger partial charge in [-0.15, -0.1) is 23.2 Å². The molecule has 11 fully saturated rings. The molecule has 1 aromatic rings. The van der Waals surface area contributed by atoms with Gasteiger partial charge in [0.2, 0.25) is 63.0 Å². The standard InChI is InChI=1S/C87H138Cl2N12O24S/c1-6-7-8-9-10-11-20-126(119,120)94-19-18-93-36-51-58(104)33-50-66(77(51)110)49-27-42(12-15-57(49)103)68-83(114)101-72(87(118)99-70(50)85(116)96-67-45-23-40-22-41(25-45)26-46(67)24-40)75(108)44-14-17-60(53(89)29-44)123-62-31-47-30-61(79(62)124-63-32-48(37-102)76(109)78(111)80(63)125-65-34-54(90)73(106)39(4)121-65)122-59-16-13-43(28-52(59)88)74(107)71(100-81(112)55(92-5)21-38(2)3)86(117)95-56(35-64(91)105)82(113)97-69(47)84(115)98-68/h30-31,38-46,48-60,63,65-78,80,92-94,102-104,106-111H,6-29,32-37,90H2,1-5H3,(H2,91,105)(H,95,117)(H,96,116)(H,97,113)(H,98,115)(H,99,118)(H,100,112)(H,101,114)/t39-,40?,41?,42-,43-,44-,45?,46?,48+,49?,50?,51?,52+,53-,54-,55+,56-,57+,58-,59+,60+,63+,65-,66?,67?,68+,69+,70-,71+,72-,73+,74+,75+,76+,77-,78-,80-/m0/s1. The van der Waals surface area contributed by atoms with Crippen molar-refractivity contribution in [1.82, 2.24) is 52.6 Å². The monoisotopic (exact) mass is 1840 g/mol. The van der Waals surface area contributed by atoms with E-state index in [2.05, 4.69) is 59.5 Å². The number of benzene rings is 1. The summed E-state index contributed by atoms with van der Waals surface area (Å²) in [6.45, 7) is 6.63. The van der Waals surface area contributed by atoms with E-state index < -0.39 is 262 Å². The number of nitrogens with two attached hydrogens (primary N) is 2. The van der Waals surface area contributed by atoms with E-state index in [0.29, 0.717) is 18.3 Å². The number of rotatable bonds is 27. The van der Waals surface area contributed by atoms with Crippen LogP contribution in [0.25, 0.3) is 0 Å². The summed E-state index contributed by atoms with van der Waals surface area (Å²) >= 11 is 15.1. The van der Waals surface area contributed by atoms with Gasteiger partial charge in [0.1, 0.15) is 66.8 Å². The normalized spacial score (nSPS) is 41.1. The molecule has 0 spiro atoms. The molecule has 710 valence electrons. The van der Waals surface area contributed by atoms with Crippen molar-refractivity contribution in [2.24, 2.45) is 88.4 Å². The Morgan fingerprint density at radius 2 is 1.26 bits per heavy atom. The van der Waals surface area contributed by atoms with Gasteiger partial charge in [0.05, 0.1) is 77.8 Å². The number of aliphatic hydroxyl groups excluding tert-OH is 9. The summed E-state index contributed by atoms with van der Waals surface area (Å²) in [4.78, 5) is 124. The minimum absolute atomic E-state index is 0.000905. The zero-order chi connectivity index (χ0) is 90.6. The van der Waals surface area contributed by atoms with Gasteiger partial charge in [-0.2, -0.15) is 0 Å². The van der Waals surface area contributed by atoms with Gasteiger partial charge in [-0.1, -0.05) is 52.9 Å². The number of sulfonamides is 1. The van der Waals surface area contributed by atoms with E-state index in [1.165, 1.54) is 19.2 Å². The predicted octanol–water partition coefficient (Wildman–Crippen LogP) is -0.899. The van der Waals surface area contributed by atoms with E-state index in [4.69, 9.17) is 58.4 Å². The van der Waals surface area contributed by atoms with Crippen LogP contribution in [0.5, 0.6) is 17.2 Å². The molecule has 8 amide bonds. The van der Waals surface area contributed by atoms with Crippen molar-refractivity contribution in [1.29, 1.82) is 0 Å². The van der Waals surface area contributed by atoms with Crippen LogP contribution in [-0.4, -0.2) is 285 Å². The number of unbranched alkanes of at least 4 members (excludes halogenated alkanes) is 5. The van der Waals surface area contributed by atoms with Gasteiger partial charge in [-0.25, -0.2) is 13.1 Å². The number of likely N-dealkylation sites (N-methyl/N-ethyl adjacent to an activating group) is 1. The lowest BCUT2D eigenvalue weighted by Crippen LogP contribution is -2.68. The molecule has 2 saturated heterocycles. The maximum Gasteiger partial charge on any atom is 0.247 e. The van der Waals surface area contributed by atoms with Gasteiger partial charge >= 0.3 is 0 Å². The van der Waals surface area contributed by atoms with Crippen molar-refractivity contribution in [2.45, 2.75) is 339 Å². The molecule has 15 aliphatic rings. The maximum atomic E-state index is 16.7. The smallest absolute Gasteiger partial charge is 0.247 e. The second kappa shape index (κ2) is 42.9. The second-order valence-electron chi connectivity index (χ2n) is 39.1. The Labute approximate surface area is 746 Å². The number of ether oxygens (including phenoxy) is 5. The van der Waals surface area contributed by atoms with Crippen LogP contribution >= 0.6 is 23.2 Å². The third kappa shape index (κ3) is 22.8. The summed E-state index contributed by atoms with van der Waals surface area (Å²) in [5.74, 6) is -16.8. The van der Waals surface area contributed by atoms with Gasteiger partial charge < -0.3 is 129 Å². The molecule has 0 aromatic heterocycles. The third-order valence-corrected chi connectivity index (χ3v) is 32.3. The summed E-state index contributed by atoms with van der Waals surface area (Å²) < 4.78 is 63.1. The minimum Gasteiger partial charge on any atom is -0.485 e. The Bertz CT molecular complexity index is 4020. The number of amides is 8. The zero-order valence-corrected chi connectivity index (χ0v) is 75.1. The van der Waals surface area contributed by atoms with Gasteiger partial charge in [0.15, 0.2) is 17.8 Å². The average Bonchev–Trinajstić information content (AvgIpc) is 0.745. The molecule has 9 saturated carbocycles. The third-order valence-electron chi connectivity index (χ3n) is 29.9. The van der Waals surface area contributed by atoms with E-state index in [1.54, 1.807) is 6.92 Å². The fourth-order valence-corrected chi connectivity index (χ4v) is 25.3. The highest BCUT2D eigenvalue weighted by atomic mass is 35.5. The first-order chi connectivity index (χ1) is 60.0. The van der Waals surface area contributed by atoms with E-state index in [0.717, 1.165) is 64.2 Å². The molecule has 4 unspecified atom stereocenters. The molecule has 16 rings (SSSR count). The largest absolute Gasteiger partial charge is 0.485 e. The number of fused-ring (bicyclic) bond motifs is 15. The second-order valence-corrected chi connectivity index (χ2v) is 42.2. The van der Waals surface area contributed by atoms with Crippen LogP contribution in [0.15, 0.2) is 12.1 Å². The first kappa shape index (κ1) is 97.8. The van der Waals surface area contributed by atoms with Crippen molar-refractivity contribution in [3.05, 3.63) is 17.7 Å². The van der Waals surface area contributed by atoms with Gasteiger partial charge in [0.25, 0.3) is 0 Å². The van der Waals surface area contributed by atoms with Crippen LogP contribution in [0.4, 0.5) is 0 Å². The number of alkyl halides is 2. The van der Waals surface area contributed by atoms with E-state index in [1.807, 2.05) is 13.8 Å². The Morgan fingerprint density at radius 1 is 0.635 bits per heavy atom.